The van der Waals surface area contributed by atoms with Gasteiger partial charge in [-0.1, -0.05) is 24.8 Å². The van der Waals surface area contributed by atoms with Crippen LogP contribution in [0.1, 0.15) is 37.8 Å². The van der Waals surface area contributed by atoms with Gasteiger partial charge in [0.25, 0.3) is 0 Å². The van der Waals surface area contributed by atoms with Crippen LogP contribution in [0.5, 0.6) is 0 Å². The molecule has 1 aliphatic carbocycles. The number of aromatic nitrogens is 1. The molecule has 0 spiro atoms. The Hall–Kier alpha value is -2.86. The second-order valence-electron chi connectivity index (χ2n) is 8.81. The van der Waals surface area contributed by atoms with Crippen LogP contribution in [0, 0.1) is 5.92 Å². The van der Waals surface area contributed by atoms with Crippen molar-refractivity contribution in [3.8, 4) is 0 Å². The van der Waals surface area contributed by atoms with Gasteiger partial charge in [-0.05, 0) is 62.7 Å². The van der Waals surface area contributed by atoms with Crippen molar-refractivity contribution in [3.63, 3.8) is 0 Å². The van der Waals surface area contributed by atoms with E-state index < -0.39 is 0 Å². The summed E-state index contributed by atoms with van der Waals surface area (Å²) in [6.45, 7) is 10.8. The minimum absolute atomic E-state index is 0.0445. The lowest BCUT2D eigenvalue weighted by Gasteiger charge is -2.40. The van der Waals surface area contributed by atoms with Gasteiger partial charge in [-0.15, -0.1) is 0 Å². The second-order valence-corrected chi connectivity index (χ2v) is 8.81. The molecule has 2 aromatic rings. The third-order valence-electron chi connectivity index (χ3n) is 6.99. The van der Waals surface area contributed by atoms with Crippen molar-refractivity contribution in [2.75, 3.05) is 33.2 Å². The van der Waals surface area contributed by atoms with Gasteiger partial charge in [-0.3, -0.25) is 14.5 Å². The zero-order valence-corrected chi connectivity index (χ0v) is 19.4. The summed E-state index contributed by atoms with van der Waals surface area (Å²) in [6.07, 6.45) is 8.69. The van der Waals surface area contributed by atoms with E-state index in [2.05, 4.69) is 67.8 Å². The van der Waals surface area contributed by atoms with Gasteiger partial charge in [0.1, 0.15) is 0 Å². The van der Waals surface area contributed by atoms with Crippen LogP contribution < -0.4 is 0 Å². The lowest BCUT2D eigenvalue weighted by molar-refractivity contribution is -0.134. The fourth-order valence-electron chi connectivity index (χ4n) is 5.24. The van der Waals surface area contributed by atoms with Crippen LogP contribution in [0.25, 0.3) is 16.5 Å². The number of likely N-dealkylation sites (tertiary alicyclic amines) is 1. The van der Waals surface area contributed by atoms with Crippen LogP contribution in [0.4, 0.5) is 0 Å². The minimum atomic E-state index is -0.0445. The van der Waals surface area contributed by atoms with E-state index in [4.69, 9.17) is 0 Å². The third-order valence-corrected chi connectivity index (χ3v) is 6.99. The number of nitrogens with zero attached hydrogens (tertiary/aromatic N) is 3. The molecule has 1 aromatic heterocycles. The first-order valence-corrected chi connectivity index (χ1v) is 11.7. The van der Waals surface area contributed by atoms with Gasteiger partial charge in [0, 0.05) is 55.7 Å². The van der Waals surface area contributed by atoms with Gasteiger partial charge in [0.2, 0.25) is 11.8 Å². The molecule has 0 unspecified atom stereocenters. The number of carbonyl (C=O) groups excluding carboxylic acids is 2. The Bertz CT molecular complexity index is 1050. The SMILES string of the molecule is C=CN1CCCC1=O.CCN(CC)C(=O)[C@@H]1C=C2c3cccc4[nH]cc(c34)C[C@H]2N(C)C1. The molecule has 0 bridgehead atoms. The van der Waals surface area contributed by atoms with Crippen LogP contribution in [0.3, 0.4) is 0 Å². The summed E-state index contributed by atoms with van der Waals surface area (Å²) in [5, 5.41) is 1.34. The number of nitrogens with one attached hydrogen (secondary N) is 1. The van der Waals surface area contributed by atoms with Gasteiger partial charge in [0.15, 0.2) is 0 Å². The number of hydrogen-bond donors (Lipinski definition) is 1. The molecule has 2 aliphatic heterocycles. The van der Waals surface area contributed by atoms with Crippen LogP contribution in [-0.2, 0) is 16.0 Å². The molecular formula is C26H34N4O2. The number of H-pyrrole nitrogens is 1. The number of likely N-dealkylation sites (N-methyl/N-ethyl adjacent to an activating group) is 1. The monoisotopic (exact) mass is 434 g/mol. The molecule has 32 heavy (non-hydrogen) atoms. The largest absolute Gasteiger partial charge is 0.361 e. The van der Waals surface area contributed by atoms with Crippen LogP contribution in [-0.4, -0.2) is 70.8 Å². The molecule has 0 radical (unpaired) electrons. The van der Waals surface area contributed by atoms with Crippen molar-refractivity contribution in [2.24, 2.45) is 5.92 Å². The molecule has 2 atom stereocenters. The summed E-state index contributed by atoms with van der Waals surface area (Å²) in [5.41, 5.74) is 5.21. The molecule has 0 saturated carbocycles. The fourth-order valence-corrected chi connectivity index (χ4v) is 5.24. The maximum Gasteiger partial charge on any atom is 0.230 e. The lowest BCUT2D eigenvalue weighted by Crippen LogP contribution is -2.47. The highest BCUT2D eigenvalue weighted by Gasteiger charge is 2.36. The summed E-state index contributed by atoms with van der Waals surface area (Å²) >= 11 is 0. The van der Waals surface area contributed by atoms with E-state index in [9.17, 15) is 9.59 Å². The van der Waals surface area contributed by atoms with Gasteiger partial charge in [-0.2, -0.15) is 0 Å². The van der Waals surface area contributed by atoms with Gasteiger partial charge >= 0.3 is 0 Å². The first-order chi connectivity index (χ1) is 15.5. The molecular weight excluding hydrogens is 400 g/mol. The topological polar surface area (TPSA) is 59.7 Å². The molecule has 6 nitrogen and oxygen atoms in total. The standard InChI is InChI=1S/C20H25N3O.C6H9NO/c1-4-23(5-2)20(24)14-9-16-15-7-6-8-17-19(15)13(11-21-17)10-18(16)22(3)12-14;1-2-7-5-3-4-6(7)8/h6-9,11,14,18,21H,4-5,10,12H2,1-3H3;2H,1,3-5H2/t14-,18-;/m1./s1. The third kappa shape index (κ3) is 3.99. The number of amides is 2. The summed E-state index contributed by atoms with van der Waals surface area (Å²) < 4.78 is 0. The van der Waals surface area contributed by atoms with Gasteiger partial charge < -0.3 is 14.8 Å². The smallest absolute Gasteiger partial charge is 0.230 e. The van der Waals surface area contributed by atoms with E-state index in [1.165, 1.54) is 27.6 Å². The summed E-state index contributed by atoms with van der Waals surface area (Å²) in [4.78, 5) is 32.9. The van der Waals surface area contributed by atoms with E-state index in [-0.39, 0.29) is 17.7 Å². The highest BCUT2D eigenvalue weighted by molar-refractivity contribution is 5.99. The number of aromatic amines is 1. The van der Waals surface area contributed by atoms with Crippen molar-refractivity contribution < 1.29 is 9.59 Å². The molecule has 1 fully saturated rings. The van der Waals surface area contributed by atoms with Crippen LogP contribution >= 0.6 is 0 Å². The molecule has 6 heteroatoms. The Morgan fingerprint density at radius 2 is 2.09 bits per heavy atom. The molecule has 1 N–H and O–H groups in total. The fraction of sp³-hybridized carbons (Fsp3) is 0.462. The second kappa shape index (κ2) is 9.33. The number of benzene rings is 1. The lowest BCUT2D eigenvalue weighted by atomic mass is 9.79. The Labute approximate surface area is 190 Å². The zero-order chi connectivity index (χ0) is 22.8. The predicted molar refractivity (Wildman–Crippen MR) is 129 cm³/mol. The van der Waals surface area contributed by atoms with Gasteiger partial charge in [0.05, 0.1) is 5.92 Å². The first kappa shape index (κ1) is 22.3. The van der Waals surface area contributed by atoms with E-state index in [0.29, 0.717) is 12.5 Å². The Morgan fingerprint density at radius 3 is 2.72 bits per heavy atom. The highest BCUT2D eigenvalue weighted by Crippen LogP contribution is 2.40. The van der Waals surface area contributed by atoms with Crippen molar-refractivity contribution in [1.82, 2.24) is 19.7 Å². The van der Waals surface area contributed by atoms with Crippen LogP contribution in [0.2, 0.25) is 0 Å². The van der Waals surface area contributed by atoms with Crippen LogP contribution in [0.15, 0.2) is 43.3 Å². The van der Waals surface area contributed by atoms with Crippen molar-refractivity contribution in [1.29, 1.82) is 0 Å². The summed E-state index contributed by atoms with van der Waals surface area (Å²) in [7, 11) is 2.15. The van der Waals surface area contributed by atoms with Crippen molar-refractivity contribution >= 4 is 28.3 Å². The zero-order valence-electron chi connectivity index (χ0n) is 19.4. The van der Waals surface area contributed by atoms with E-state index >= 15 is 0 Å². The van der Waals surface area contributed by atoms with E-state index in [0.717, 1.165) is 39.0 Å². The van der Waals surface area contributed by atoms with Crippen molar-refractivity contribution in [3.05, 3.63) is 54.4 Å². The number of rotatable bonds is 4. The van der Waals surface area contributed by atoms with Gasteiger partial charge in [-0.25, -0.2) is 0 Å². The molecule has 1 aromatic carbocycles. The summed E-state index contributed by atoms with van der Waals surface area (Å²) in [5.74, 6) is 0.418. The normalized spacial score (nSPS) is 22.2. The Balaban J connectivity index is 0.000000260. The Kier molecular flexibility index (Phi) is 6.51. The number of fused-ring (bicyclic) bond motifs is 2. The van der Waals surface area contributed by atoms with E-state index in [1.54, 1.807) is 11.1 Å². The summed E-state index contributed by atoms with van der Waals surface area (Å²) in [6, 6.07) is 6.82. The molecule has 3 heterocycles. The molecule has 5 rings (SSSR count). The average molecular weight is 435 g/mol. The minimum Gasteiger partial charge on any atom is -0.361 e. The number of carbonyl (C=O) groups is 2. The highest BCUT2D eigenvalue weighted by atomic mass is 16.2. The first-order valence-electron chi connectivity index (χ1n) is 11.7. The predicted octanol–water partition coefficient (Wildman–Crippen LogP) is 3.66. The van der Waals surface area contributed by atoms with E-state index in [1.807, 2.05) is 4.90 Å². The van der Waals surface area contributed by atoms with Crippen molar-refractivity contribution in [2.45, 2.75) is 39.2 Å². The maximum absolute atomic E-state index is 12.9. The quantitative estimate of drug-likeness (QED) is 0.799. The molecule has 170 valence electrons. The molecule has 1 saturated heterocycles. The Morgan fingerprint density at radius 1 is 1.31 bits per heavy atom. The number of hydrogen-bond acceptors (Lipinski definition) is 3. The maximum atomic E-state index is 12.9. The molecule has 2 amide bonds. The molecule has 3 aliphatic rings. The average Bonchev–Trinajstić information content (AvgIpc) is 3.42.